The molecule has 1 aliphatic carbocycles. The highest BCUT2D eigenvalue weighted by Gasteiger charge is 2.19. The van der Waals surface area contributed by atoms with Crippen LogP contribution >= 0.6 is 11.3 Å². The summed E-state index contributed by atoms with van der Waals surface area (Å²) in [4.78, 5) is 29.4. The molecule has 0 bridgehead atoms. The molecule has 7 nitrogen and oxygen atoms in total. The number of benzene rings is 1. The number of thiophene rings is 1. The first-order valence-corrected chi connectivity index (χ1v) is 8.76. The molecule has 0 unspecified atom stereocenters. The van der Waals surface area contributed by atoms with Crippen LogP contribution in [0.4, 0.5) is 5.69 Å². The summed E-state index contributed by atoms with van der Waals surface area (Å²) in [6.07, 6.45) is 7.11. The molecule has 0 amide bonds. The summed E-state index contributed by atoms with van der Waals surface area (Å²) in [5.74, 6) is 0. The van der Waals surface area contributed by atoms with E-state index in [0.717, 1.165) is 36.1 Å². The Morgan fingerprint density at radius 1 is 1.24 bits per heavy atom. The number of nitro groups is 1. The van der Waals surface area contributed by atoms with Gasteiger partial charge in [0, 0.05) is 17.0 Å². The summed E-state index contributed by atoms with van der Waals surface area (Å²) >= 11 is 1.60. The van der Waals surface area contributed by atoms with Crippen molar-refractivity contribution < 1.29 is 4.92 Å². The number of nitrogens with zero attached hydrogens (tertiary/aromatic N) is 4. The van der Waals surface area contributed by atoms with Crippen molar-refractivity contribution in [3.05, 3.63) is 67.1 Å². The van der Waals surface area contributed by atoms with E-state index in [1.54, 1.807) is 23.5 Å². The highest BCUT2D eigenvalue weighted by molar-refractivity contribution is 7.18. The van der Waals surface area contributed by atoms with Gasteiger partial charge in [0.05, 0.1) is 16.5 Å². The quantitative estimate of drug-likeness (QED) is 0.410. The molecule has 0 fully saturated rings. The van der Waals surface area contributed by atoms with Crippen molar-refractivity contribution in [3.8, 4) is 0 Å². The van der Waals surface area contributed by atoms with Gasteiger partial charge in [0.2, 0.25) is 0 Å². The average Bonchev–Trinajstić information content (AvgIpc) is 3.01. The van der Waals surface area contributed by atoms with Gasteiger partial charge in [0.1, 0.15) is 11.2 Å². The van der Waals surface area contributed by atoms with Crippen molar-refractivity contribution >= 4 is 33.5 Å². The summed E-state index contributed by atoms with van der Waals surface area (Å²) < 4.78 is 1.23. The fourth-order valence-corrected chi connectivity index (χ4v) is 4.25. The molecule has 4 rings (SSSR count). The zero-order valence-electron chi connectivity index (χ0n) is 13.2. The molecule has 1 aliphatic rings. The second-order valence-corrected chi connectivity index (χ2v) is 6.96. The number of nitro benzene ring substituents is 1. The molecule has 2 aromatic heterocycles. The number of hydrogen-bond acceptors (Lipinski definition) is 6. The molecule has 1 aromatic carbocycles. The largest absolute Gasteiger partial charge is 0.282 e. The van der Waals surface area contributed by atoms with Crippen molar-refractivity contribution in [2.75, 3.05) is 0 Å². The Bertz CT molecular complexity index is 1050. The molecule has 0 atom stereocenters. The van der Waals surface area contributed by atoms with Gasteiger partial charge in [0.15, 0.2) is 0 Å². The molecule has 3 aromatic rings. The summed E-state index contributed by atoms with van der Waals surface area (Å²) in [7, 11) is 0. The number of hydrogen-bond donors (Lipinski definition) is 0. The standard InChI is InChI=1S/C17H14N4O3S/c22-17-15-13-3-1-2-4-14(13)25-16(15)18-10-20(17)19-9-11-5-7-12(8-6-11)21(23)24/h5-10H,1-4H2/b19-9-. The normalized spacial score (nSPS) is 14.1. The number of rotatable bonds is 3. The van der Waals surface area contributed by atoms with Crippen LogP contribution in [0.15, 0.2) is 40.5 Å². The van der Waals surface area contributed by atoms with Crippen molar-refractivity contribution in [1.82, 2.24) is 9.66 Å². The minimum absolute atomic E-state index is 0.0160. The number of aryl methyl sites for hydroxylation is 2. The monoisotopic (exact) mass is 354 g/mol. The zero-order chi connectivity index (χ0) is 17.4. The number of fused-ring (bicyclic) bond motifs is 3. The van der Waals surface area contributed by atoms with Crippen LogP contribution in [0.2, 0.25) is 0 Å². The van der Waals surface area contributed by atoms with Gasteiger partial charge >= 0.3 is 0 Å². The summed E-state index contributed by atoms with van der Waals surface area (Å²) in [6, 6.07) is 5.98. The highest BCUT2D eigenvalue weighted by atomic mass is 32.1. The topological polar surface area (TPSA) is 90.4 Å². The molecule has 25 heavy (non-hydrogen) atoms. The molecule has 2 heterocycles. The molecule has 0 spiro atoms. The van der Waals surface area contributed by atoms with Crippen molar-refractivity contribution in [2.45, 2.75) is 25.7 Å². The van der Waals surface area contributed by atoms with Crippen LogP contribution < -0.4 is 5.56 Å². The molecule has 0 saturated heterocycles. The maximum atomic E-state index is 12.8. The molecule has 0 radical (unpaired) electrons. The Morgan fingerprint density at radius 3 is 2.76 bits per heavy atom. The zero-order valence-corrected chi connectivity index (χ0v) is 14.0. The van der Waals surface area contributed by atoms with E-state index in [9.17, 15) is 14.9 Å². The van der Waals surface area contributed by atoms with Crippen molar-refractivity contribution in [1.29, 1.82) is 0 Å². The Labute approximate surface area is 146 Å². The van der Waals surface area contributed by atoms with Gasteiger partial charge in [0.25, 0.3) is 11.2 Å². The molecular formula is C17H14N4O3S. The van der Waals surface area contributed by atoms with E-state index >= 15 is 0 Å². The highest BCUT2D eigenvalue weighted by Crippen LogP contribution is 2.33. The third kappa shape index (κ3) is 2.85. The van der Waals surface area contributed by atoms with Gasteiger partial charge in [-0.25, -0.2) is 4.98 Å². The predicted octanol–water partition coefficient (Wildman–Crippen LogP) is 3.13. The van der Waals surface area contributed by atoms with E-state index in [1.165, 1.54) is 34.2 Å². The fourth-order valence-electron chi connectivity index (χ4n) is 3.03. The van der Waals surface area contributed by atoms with E-state index < -0.39 is 4.92 Å². The Balaban J connectivity index is 1.70. The first kappa shape index (κ1) is 15.6. The summed E-state index contributed by atoms with van der Waals surface area (Å²) in [6.45, 7) is 0. The van der Waals surface area contributed by atoms with Crippen molar-refractivity contribution in [2.24, 2.45) is 5.10 Å². The fraction of sp³-hybridized carbons (Fsp3) is 0.235. The van der Waals surface area contributed by atoms with Gasteiger partial charge in [-0.1, -0.05) is 0 Å². The number of aromatic nitrogens is 2. The Morgan fingerprint density at radius 2 is 2.00 bits per heavy atom. The SMILES string of the molecule is O=c1c2c3c(sc2ncn1/N=C\c1ccc([N+](=O)[O-])cc1)CCCC3. The van der Waals surface area contributed by atoms with Crippen LogP contribution in [0.3, 0.4) is 0 Å². The lowest BCUT2D eigenvalue weighted by molar-refractivity contribution is -0.384. The van der Waals surface area contributed by atoms with E-state index in [0.29, 0.717) is 10.9 Å². The maximum Gasteiger partial charge on any atom is 0.282 e. The smallest absolute Gasteiger partial charge is 0.267 e. The lowest BCUT2D eigenvalue weighted by Gasteiger charge is -2.09. The minimum Gasteiger partial charge on any atom is -0.267 e. The van der Waals surface area contributed by atoms with Gasteiger partial charge in [-0.3, -0.25) is 14.9 Å². The van der Waals surface area contributed by atoms with Crippen LogP contribution in [0.1, 0.15) is 28.8 Å². The second-order valence-electron chi connectivity index (χ2n) is 5.88. The van der Waals surface area contributed by atoms with Gasteiger partial charge in [-0.15, -0.1) is 11.3 Å². The third-order valence-corrected chi connectivity index (χ3v) is 5.49. The van der Waals surface area contributed by atoms with Crippen LogP contribution in [0.25, 0.3) is 10.2 Å². The average molecular weight is 354 g/mol. The Hall–Kier alpha value is -2.87. The lowest BCUT2D eigenvalue weighted by atomic mass is 9.97. The van der Waals surface area contributed by atoms with Crippen LogP contribution in [-0.4, -0.2) is 20.8 Å². The van der Waals surface area contributed by atoms with E-state index in [1.807, 2.05) is 0 Å². The maximum absolute atomic E-state index is 12.8. The Kier molecular flexibility index (Phi) is 3.89. The van der Waals surface area contributed by atoms with Gasteiger partial charge in [-0.2, -0.15) is 9.78 Å². The summed E-state index contributed by atoms with van der Waals surface area (Å²) in [5.41, 5.74) is 1.65. The lowest BCUT2D eigenvalue weighted by Crippen LogP contribution is -2.18. The molecule has 0 N–H and O–H groups in total. The third-order valence-electron chi connectivity index (χ3n) is 4.29. The van der Waals surface area contributed by atoms with Crippen LogP contribution in [-0.2, 0) is 12.8 Å². The van der Waals surface area contributed by atoms with E-state index in [-0.39, 0.29) is 11.2 Å². The minimum atomic E-state index is -0.455. The molecule has 0 saturated carbocycles. The van der Waals surface area contributed by atoms with Crippen LogP contribution in [0, 0.1) is 10.1 Å². The van der Waals surface area contributed by atoms with Gasteiger partial charge in [-0.05, 0) is 48.9 Å². The van der Waals surface area contributed by atoms with E-state index in [4.69, 9.17) is 0 Å². The van der Waals surface area contributed by atoms with Gasteiger partial charge < -0.3 is 0 Å². The summed E-state index contributed by atoms with van der Waals surface area (Å²) in [5, 5.41) is 15.5. The molecule has 126 valence electrons. The number of non-ortho nitro benzene ring substituents is 1. The first-order valence-electron chi connectivity index (χ1n) is 7.94. The second kappa shape index (κ2) is 6.21. The van der Waals surface area contributed by atoms with E-state index in [2.05, 4.69) is 10.1 Å². The molecule has 0 aliphatic heterocycles. The van der Waals surface area contributed by atoms with Crippen LogP contribution in [0.5, 0.6) is 0 Å². The molecule has 8 heteroatoms. The first-order chi connectivity index (χ1) is 12.1. The van der Waals surface area contributed by atoms with Crippen molar-refractivity contribution in [3.63, 3.8) is 0 Å². The molecular weight excluding hydrogens is 340 g/mol. The predicted molar refractivity (Wildman–Crippen MR) is 96.6 cm³/mol.